The van der Waals surface area contributed by atoms with E-state index in [1.54, 1.807) is 5.56 Å². The highest BCUT2D eigenvalue weighted by Gasteiger charge is 2.36. The molecule has 0 heterocycles. The summed E-state index contributed by atoms with van der Waals surface area (Å²) in [5, 5.41) is 3.69. The number of benzene rings is 1. The SMILES string of the molecule is CCCNC1CCC(C)(c2cc(C)cc(C)c2)C1. The molecule has 0 aliphatic heterocycles. The van der Waals surface area contributed by atoms with Gasteiger partial charge in [0.05, 0.1) is 0 Å². The maximum absolute atomic E-state index is 3.69. The van der Waals surface area contributed by atoms with E-state index in [2.05, 4.69) is 51.2 Å². The molecule has 2 unspecified atom stereocenters. The lowest BCUT2D eigenvalue weighted by atomic mass is 9.79. The number of hydrogen-bond acceptors (Lipinski definition) is 1. The van der Waals surface area contributed by atoms with Gasteiger partial charge < -0.3 is 5.32 Å². The highest BCUT2D eigenvalue weighted by molar-refractivity contribution is 5.34. The van der Waals surface area contributed by atoms with Gasteiger partial charge >= 0.3 is 0 Å². The molecule has 1 aliphatic carbocycles. The van der Waals surface area contributed by atoms with Crippen LogP contribution in [0.1, 0.15) is 56.2 Å². The van der Waals surface area contributed by atoms with Crippen LogP contribution in [0.2, 0.25) is 0 Å². The number of rotatable bonds is 4. The first-order chi connectivity index (χ1) is 8.53. The lowest BCUT2D eigenvalue weighted by molar-refractivity contribution is 0.452. The molecule has 0 spiro atoms. The fourth-order valence-electron chi connectivity index (χ4n) is 3.35. The molecule has 1 aliphatic rings. The third-order valence-corrected chi connectivity index (χ3v) is 4.34. The first-order valence-electron chi connectivity index (χ1n) is 7.35. The maximum Gasteiger partial charge on any atom is 0.00757 e. The smallest absolute Gasteiger partial charge is 0.00757 e. The van der Waals surface area contributed by atoms with Crippen molar-refractivity contribution in [3.63, 3.8) is 0 Å². The average molecular weight is 245 g/mol. The summed E-state index contributed by atoms with van der Waals surface area (Å²) in [4.78, 5) is 0. The van der Waals surface area contributed by atoms with Crippen molar-refractivity contribution in [2.75, 3.05) is 6.54 Å². The first kappa shape index (κ1) is 13.6. The van der Waals surface area contributed by atoms with Gasteiger partial charge in [0.2, 0.25) is 0 Å². The van der Waals surface area contributed by atoms with Gasteiger partial charge in [-0.15, -0.1) is 0 Å². The van der Waals surface area contributed by atoms with E-state index in [4.69, 9.17) is 0 Å². The van der Waals surface area contributed by atoms with Gasteiger partial charge in [0, 0.05) is 6.04 Å². The molecule has 1 aromatic carbocycles. The van der Waals surface area contributed by atoms with Crippen molar-refractivity contribution in [1.82, 2.24) is 5.32 Å². The molecule has 1 saturated carbocycles. The van der Waals surface area contributed by atoms with Crippen molar-refractivity contribution < 1.29 is 0 Å². The van der Waals surface area contributed by atoms with Crippen LogP contribution in [0.15, 0.2) is 18.2 Å². The van der Waals surface area contributed by atoms with Crippen LogP contribution in [0.25, 0.3) is 0 Å². The van der Waals surface area contributed by atoms with Gasteiger partial charge in [-0.3, -0.25) is 0 Å². The van der Waals surface area contributed by atoms with Crippen LogP contribution < -0.4 is 5.32 Å². The molecule has 0 saturated heterocycles. The molecule has 0 aromatic heterocycles. The van der Waals surface area contributed by atoms with Gasteiger partial charge in [-0.2, -0.15) is 0 Å². The Kier molecular flexibility index (Phi) is 4.11. The molecular weight excluding hydrogens is 218 g/mol. The summed E-state index contributed by atoms with van der Waals surface area (Å²) in [5.41, 5.74) is 4.72. The van der Waals surface area contributed by atoms with Crippen molar-refractivity contribution in [3.8, 4) is 0 Å². The third kappa shape index (κ3) is 2.95. The standard InChI is InChI=1S/C17H27N/c1-5-8-18-16-6-7-17(4,12-16)15-10-13(2)9-14(3)11-15/h9-11,16,18H,5-8,12H2,1-4H3. The molecule has 1 N–H and O–H groups in total. The predicted octanol–water partition coefficient (Wildman–Crippen LogP) is 4.11. The van der Waals surface area contributed by atoms with Crippen LogP contribution >= 0.6 is 0 Å². The first-order valence-corrected chi connectivity index (χ1v) is 7.35. The minimum Gasteiger partial charge on any atom is -0.314 e. The molecule has 1 heteroatoms. The Morgan fingerprint density at radius 2 is 1.89 bits per heavy atom. The Morgan fingerprint density at radius 3 is 2.50 bits per heavy atom. The topological polar surface area (TPSA) is 12.0 Å². The van der Waals surface area contributed by atoms with Crippen LogP contribution in [0.4, 0.5) is 0 Å². The molecule has 0 bridgehead atoms. The minimum absolute atomic E-state index is 0.377. The Morgan fingerprint density at radius 1 is 1.22 bits per heavy atom. The van der Waals surface area contributed by atoms with E-state index >= 15 is 0 Å². The van der Waals surface area contributed by atoms with E-state index in [-0.39, 0.29) is 0 Å². The maximum atomic E-state index is 3.69. The van der Waals surface area contributed by atoms with Crippen molar-refractivity contribution >= 4 is 0 Å². The lowest BCUT2D eigenvalue weighted by Gasteiger charge is -2.26. The van der Waals surface area contributed by atoms with Gasteiger partial charge in [-0.05, 0) is 57.1 Å². The normalized spacial score (nSPS) is 27.7. The Balaban J connectivity index is 2.12. The van der Waals surface area contributed by atoms with Crippen LogP contribution in [-0.2, 0) is 5.41 Å². The molecule has 2 atom stereocenters. The highest BCUT2D eigenvalue weighted by atomic mass is 14.9. The average Bonchev–Trinajstić information content (AvgIpc) is 2.69. The molecule has 1 aromatic rings. The molecule has 18 heavy (non-hydrogen) atoms. The second-order valence-electron chi connectivity index (χ2n) is 6.33. The summed E-state index contributed by atoms with van der Waals surface area (Å²) >= 11 is 0. The highest BCUT2D eigenvalue weighted by Crippen LogP contribution is 2.41. The largest absolute Gasteiger partial charge is 0.314 e. The molecule has 1 nitrogen and oxygen atoms in total. The van der Waals surface area contributed by atoms with Crippen LogP contribution in [0.5, 0.6) is 0 Å². The second-order valence-corrected chi connectivity index (χ2v) is 6.33. The number of nitrogens with one attached hydrogen (secondary N) is 1. The summed E-state index contributed by atoms with van der Waals surface area (Å²) in [7, 11) is 0. The Labute approximate surface area is 112 Å². The van der Waals surface area contributed by atoms with Crippen molar-refractivity contribution in [1.29, 1.82) is 0 Å². The molecule has 1 fully saturated rings. The summed E-state index contributed by atoms with van der Waals surface area (Å²) in [6.07, 6.45) is 5.16. The Bertz CT molecular complexity index is 390. The summed E-state index contributed by atoms with van der Waals surface area (Å²) in [6.45, 7) is 10.3. The van der Waals surface area contributed by atoms with Crippen LogP contribution in [0.3, 0.4) is 0 Å². The fraction of sp³-hybridized carbons (Fsp3) is 0.647. The van der Waals surface area contributed by atoms with E-state index in [0.717, 1.165) is 12.6 Å². The zero-order valence-corrected chi connectivity index (χ0v) is 12.3. The zero-order valence-electron chi connectivity index (χ0n) is 12.3. The molecule has 2 rings (SSSR count). The van der Waals surface area contributed by atoms with Gasteiger partial charge in [-0.1, -0.05) is 43.2 Å². The zero-order chi connectivity index (χ0) is 13.2. The number of aryl methyl sites for hydroxylation is 2. The summed E-state index contributed by atoms with van der Waals surface area (Å²) in [5.74, 6) is 0. The van der Waals surface area contributed by atoms with E-state index in [1.807, 2.05) is 0 Å². The van der Waals surface area contributed by atoms with Gasteiger partial charge in [-0.25, -0.2) is 0 Å². The van der Waals surface area contributed by atoms with Gasteiger partial charge in [0.1, 0.15) is 0 Å². The summed E-state index contributed by atoms with van der Waals surface area (Å²) < 4.78 is 0. The molecule has 100 valence electrons. The van der Waals surface area contributed by atoms with Crippen molar-refractivity contribution in [2.45, 2.75) is 64.8 Å². The van der Waals surface area contributed by atoms with Crippen molar-refractivity contribution in [2.24, 2.45) is 0 Å². The number of hydrogen-bond donors (Lipinski definition) is 1. The van der Waals surface area contributed by atoms with E-state index in [9.17, 15) is 0 Å². The second kappa shape index (κ2) is 5.44. The van der Waals surface area contributed by atoms with Gasteiger partial charge in [0.15, 0.2) is 0 Å². The monoisotopic (exact) mass is 245 g/mol. The van der Waals surface area contributed by atoms with E-state index in [1.165, 1.54) is 36.8 Å². The summed E-state index contributed by atoms with van der Waals surface area (Å²) in [6, 6.07) is 7.76. The van der Waals surface area contributed by atoms with Crippen molar-refractivity contribution in [3.05, 3.63) is 34.9 Å². The fourth-order valence-corrected chi connectivity index (χ4v) is 3.35. The van der Waals surface area contributed by atoms with Gasteiger partial charge in [0.25, 0.3) is 0 Å². The van der Waals surface area contributed by atoms with E-state index in [0.29, 0.717) is 5.41 Å². The third-order valence-electron chi connectivity index (χ3n) is 4.34. The lowest BCUT2D eigenvalue weighted by Crippen LogP contribution is -2.29. The quantitative estimate of drug-likeness (QED) is 0.841. The predicted molar refractivity (Wildman–Crippen MR) is 79.2 cm³/mol. The molecule has 0 amide bonds. The minimum atomic E-state index is 0.377. The van der Waals surface area contributed by atoms with E-state index < -0.39 is 0 Å². The molecule has 0 radical (unpaired) electrons. The van der Waals surface area contributed by atoms with Crippen LogP contribution in [-0.4, -0.2) is 12.6 Å². The van der Waals surface area contributed by atoms with Crippen LogP contribution in [0, 0.1) is 13.8 Å². The molecular formula is C17H27N. The Hall–Kier alpha value is -0.820.